The van der Waals surface area contributed by atoms with Crippen molar-refractivity contribution in [2.24, 2.45) is 5.92 Å². The van der Waals surface area contributed by atoms with Crippen molar-refractivity contribution < 1.29 is 4.74 Å². The molecule has 2 aromatic rings. The van der Waals surface area contributed by atoms with Gasteiger partial charge in [-0.2, -0.15) is 4.98 Å². The highest BCUT2D eigenvalue weighted by Gasteiger charge is 2.17. The Morgan fingerprint density at radius 2 is 2.11 bits per heavy atom. The molecule has 0 amide bonds. The van der Waals surface area contributed by atoms with Gasteiger partial charge < -0.3 is 10.1 Å². The third-order valence-electron chi connectivity index (χ3n) is 2.84. The van der Waals surface area contributed by atoms with E-state index in [1.807, 2.05) is 25.1 Å². The van der Waals surface area contributed by atoms with Crippen LogP contribution in [0.3, 0.4) is 0 Å². The molecule has 2 heterocycles. The Hall–Kier alpha value is -1.55. The van der Waals surface area contributed by atoms with Crippen LogP contribution < -0.4 is 10.1 Å². The average Bonchev–Trinajstić information content (AvgIpc) is 2.90. The topological polar surface area (TPSA) is 34.1 Å². The van der Waals surface area contributed by atoms with Crippen molar-refractivity contribution in [3.05, 3.63) is 40.6 Å². The molecule has 0 aromatic carbocycles. The monoisotopic (exact) mass is 276 g/mol. The highest BCUT2D eigenvalue weighted by Crippen LogP contribution is 2.29. The van der Waals surface area contributed by atoms with E-state index in [2.05, 4.69) is 41.7 Å². The highest BCUT2D eigenvalue weighted by atomic mass is 32.1. The quantitative estimate of drug-likeness (QED) is 0.851. The number of nitrogens with one attached hydrogen (secondary N) is 1. The normalized spacial score (nSPS) is 12.4. The van der Waals surface area contributed by atoms with Gasteiger partial charge in [-0.1, -0.05) is 26.0 Å². The first-order chi connectivity index (χ1) is 9.20. The van der Waals surface area contributed by atoms with Crippen LogP contribution in [0.15, 0.2) is 35.7 Å². The Labute approximate surface area is 118 Å². The van der Waals surface area contributed by atoms with Gasteiger partial charge in [0.15, 0.2) is 0 Å². The summed E-state index contributed by atoms with van der Waals surface area (Å²) in [5.41, 5.74) is 0. The van der Waals surface area contributed by atoms with Gasteiger partial charge >= 0.3 is 0 Å². The molecule has 1 N–H and O–H groups in total. The van der Waals surface area contributed by atoms with Gasteiger partial charge in [-0.25, -0.2) is 0 Å². The van der Waals surface area contributed by atoms with Crippen LogP contribution in [-0.4, -0.2) is 11.6 Å². The molecule has 0 aliphatic carbocycles. The molecule has 0 radical (unpaired) electrons. The second-order valence-corrected chi connectivity index (χ2v) is 5.65. The third kappa shape index (κ3) is 3.70. The van der Waals surface area contributed by atoms with E-state index in [-0.39, 0.29) is 6.04 Å². The van der Waals surface area contributed by atoms with E-state index >= 15 is 0 Å². The smallest absolute Gasteiger partial charge is 0.215 e. The number of thiophene rings is 1. The first-order valence-corrected chi connectivity index (χ1v) is 7.48. The summed E-state index contributed by atoms with van der Waals surface area (Å²) in [6, 6.07) is 10.3. The number of hydrogen-bond acceptors (Lipinski definition) is 4. The molecule has 3 nitrogen and oxygen atoms in total. The van der Waals surface area contributed by atoms with Gasteiger partial charge in [0.2, 0.25) is 5.88 Å². The lowest BCUT2D eigenvalue weighted by atomic mass is 10.0. The Morgan fingerprint density at radius 3 is 2.74 bits per heavy atom. The summed E-state index contributed by atoms with van der Waals surface area (Å²) in [6.45, 7) is 7.02. The summed E-state index contributed by atoms with van der Waals surface area (Å²) in [6.07, 6.45) is 0. The number of hydrogen-bond donors (Lipinski definition) is 1. The van der Waals surface area contributed by atoms with Crippen LogP contribution >= 0.6 is 11.3 Å². The summed E-state index contributed by atoms with van der Waals surface area (Å²) < 4.78 is 5.43. The van der Waals surface area contributed by atoms with Crippen LogP contribution in [0.25, 0.3) is 0 Å². The third-order valence-corrected chi connectivity index (χ3v) is 3.79. The van der Waals surface area contributed by atoms with Gasteiger partial charge in [-0.3, -0.25) is 0 Å². The fraction of sp³-hybridized carbons (Fsp3) is 0.400. The van der Waals surface area contributed by atoms with Crippen LogP contribution in [0, 0.1) is 5.92 Å². The molecule has 0 spiro atoms. The summed E-state index contributed by atoms with van der Waals surface area (Å²) >= 11 is 1.77. The molecule has 1 unspecified atom stereocenters. The molecule has 19 heavy (non-hydrogen) atoms. The zero-order valence-corrected chi connectivity index (χ0v) is 12.4. The second kappa shape index (κ2) is 6.57. The number of nitrogens with zero attached hydrogens (tertiary/aromatic N) is 1. The van der Waals surface area contributed by atoms with Crippen LogP contribution in [0.2, 0.25) is 0 Å². The van der Waals surface area contributed by atoms with Gasteiger partial charge in [-0.15, -0.1) is 11.3 Å². The first kappa shape index (κ1) is 13.9. The Kier molecular flexibility index (Phi) is 4.80. The van der Waals surface area contributed by atoms with Crippen LogP contribution in [0.5, 0.6) is 5.88 Å². The maximum absolute atomic E-state index is 5.43. The minimum Gasteiger partial charge on any atom is -0.478 e. The van der Waals surface area contributed by atoms with Gasteiger partial charge in [0, 0.05) is 10.9 Å². The predicted octanol–water partition coefficient (Wildman–Crippen LogP) is 4.35. The Bertz CT molecular complexity index is 497. The van der Waals surface area contributed by atoms with Crippen LogP contribution in [0.4, 0.5) is 5.82 Å². The Morgan fingerprint density at radius 1 is 1.26 bits per heavy atom. The SMILES string of the molecule is CCOc1cccc(NC(c2cccs2)C(C)C)n1. The van der Waals surface area contributed by atoms with E-state index in [4.69, 9.17) is 4.74 Å². The summed E-state index contributed by atoms with van der Waals surface area (Å²) in [5.74, 6) is 2.02. The number of anilines is 1. The lowest BCUT2D eigenvalue weighted by molar-refractivity contribution is 0.327. The Balaban J connectivity index is 2.15. The van der Waals surface area contributed by atoms with Gasteiger partial charge in [-0.05, 0) is 30.4 Å². The fourth-order valence-electron chi connectivity index (χ4n) is 1.92. The largest absolute Gasteiger partial charge is 0.478 e. The van der Waals surface area contributed by atoms with E-state index in [1.165, 1.54) is 4.88 Å². The van der Waals surface area contributed by atoms with Crippen molar-refractivity contribution in [1.82, 2.24) is 4.98 Å². The molecular weight excluding hydrogens is 256 g/mol. The molecule has 0 aliphatic heterocycles. The van der Waals surface area contributed by atoms with E-state index in [9.17, 15) is 0 Å². The van der Waals surface area contributed by atoms with Gasteiger partial charge in [0.05, 0.1) is 12.6 Å². The average molecular weight is 276 g/mol. The molecule has 4 heteroatoms. The van der Waals surface area contributed by atoms with E-state index < -0.39 is 0 Å². The number of aromatic nitrogens is 1. The van der Waals surface area contributed by atoms with Crippen molar-refractivity contribution in [1.29, 1.82) is 0 Å². The molecule has 0 saturated heterocycles. The summed E-state index contributed by atoms with van der Waals surface area (Å²) in [7, 11) is 0. The standard InChI is InChI=1S/C15H20N2OS/c1-4-18-14-9-5-8-13(16-14)17-15(11(2)3)12-7-6-10-19-12/h5-11,15H,4H2,1-3H3,(H,16,17). The highest BCUT2D eigenvalue weighted by molar-refractivity contribution is 7.10. The van der Waals surface area contributed by atoms with Crippen molar-refractivity contribution in [2.75, 3.05) is 11.9 Å². The second-order valence-electron chi connectivity index (χ2n) is 4.68. The van der Waals surface area contributed by atoms with E-state index in [1.54, 1.807) is 11.3 Å². The fourth-order valence-corrected chi connectivity index (χ4v) is 2.87. The summed E-state index contributed by atoms with van der Waals surface area (Å²) in [5, 5.41) is 5.61. The van der Waals surface area contributed by atoms with Gasteiger partial charge in [0.1, 0.15) is 5.82 Å². The number of ether oxygens (including phenoxy) is 1. The number of pyridine rings is 1. The maximum Gasteiger partial charge on any atom is 0.215 e. The molecule has 1 atom stereocenters. The number of rotatable bonds is 6. The molecule has 0 saturated carbocycles. The van der Waals surface area contributed by atoms with Crippen molar-refractivity contribution in [3.63, 3.8) is 0 Å². The zero-order valence-electron chi connectivity index (χ0n) is 11.6. The first-order valence-electron chi connectivity index (χ1n) is 6.60. The van der Waals surface area contributed by atoms with Crippen LogP contribution in [0.1, 0.15) is 31.7 Å². The van der Waals surface area contributed by atoms with Crippen molar-refractivity contribution in [2.45, 2.75) is 26.8 Å². The lowest BCUT2D eigenvalue weighted by Crippen LogP contribution is -2.16. The van der Waals surface area contributed by atoms with Crippen LogP contribution in [-0.2, 0) is 0 Å². The zero-order chi connectivity index (χ0) is 13.7. The minimum atomic E-state index is 0.282. The molecule has 0 aliphatic rings. The van der Waals surface area contributed by atoms with E-state index in [0.29, 0.717) is 18.4 Å². The molecular formula is C15H20N2OS. The predicted molar refractivity (Wildman–Crippen MR) is 80.9 cm³/mol. The lowest BCUT2D eigenvalue weighted by Gasteiger charge is -2.22. The van der Waals surface area contributed by atoms with Gasteiger partial charge in [0.25, 0.3) is 0 Å². The molecule has 2 aromatic heterocycles. The maximum atomic E-state index is 5.43. The molecule has 0 bridgehead atoms. The molecule has 0 fully saturated rings. The van der Waals surface area contributed by atoms with Crippen molar-refractivity contribution in [3.8, 4) is 5.88 Å². The summed E-state index contributed by atoms with van der Waals surface area (Å²) in [4.78, 5) is 5.80. The molecule has 2 rings (SSSR count). The van der Waals surface area contributed by atoms with E-state index in [0.717, 1.165) is 5.82 Å². The minimum absolute atomic E-state index is 0.282. The van der Waals surface area contributed by atoms with Crippen molar-refractivity contribution >= 4 is 17.2 Å². The molecule has 102 valence electrons.